The number of anilines is 1. The predicted octanol–water partition coefficient (Wildman–Crippen LogP) is 3.31. The van der Waals surface area contributed by atoms with Gasteiger partial charge in [0.1, 0.15) is 18.1 Å². The highest BCUT2D eigenvalue weighted by atomic mass is 16.5. The molecule has 1 unspecified atom stereocenters. The number of likely N-dealkylation sites (tertiary alicyclic amines) is 1. The number of amides is 2. The smallest absolute Gasteiger partial charge is 0.296 e. The molecule has 4 rings (SSSR count). The highest BCUT2D eigenvalue weighted by Gasteiger charge is 2.66. The molecule has 8 nitrogen and oxygen atoms in total. The maximum Gasteiger partial charge on any atom is 0.296 e. The van der Waals surface area contributed by atoms with E-state index in [4.69, 9.17) is 9.47 Å². The fraction of sp³-hybridized carbons (Fsp3) is 0.250. The van der Waals surface area contributed by atoms with E-state index in [1.807, 2.05) is 0 Å². The van der Waals surface area contributed by atoms with Crippen LogP contribution < -0.4 is 9.64 Å². The lowest BCUT2D eigenvalue weighted by molar-refractivity contribution is -0.144. The molecule has 0 aromatic heterocycles. The molecule has 2 heterocycles. The Kier molecular flexibility index (Phi) is 6.81. The number of rotatable bonds is 9. The van der Waals surface area contributed by atoms with E-state index < -0.39 is 28.9 Å². The highest BCUT2D eigenvalue weighted by Crippen LogP contribution is 2.53. The fourth-order valence-corrected chi connectivity index (χ4v) is 4.91. The van der Waals surface area contributed by atoms with Gasteiger partial charge in [0.15, 0.2) is 5.54 Å². The SMILES string of the molecule is C=CCOc1ccc(/C(O)=C2\C(=O)C(=O)N(CCOC)C23C(=O)N(CC=C)c2ccccc23)cc1C. The second-order valence-corrected chi connectivity index (χ2v) is 8.51. The number of para-hydroxylation sites is 1. The molecule has 0 bridgehead atoms. The van der Waals surface area contributed by atoms with E-state index in [0.717, 1.165) is 0 Å². The number of nitrogens with zero attached hydrogens (tertiary/aromatic N) is 2. The molecule has 1 saturated heterocycles. The molecule has 2 aliphatic rings. The average molecular weight is 489 g/mol. The summed E-state index contributed by atoms with van der Waals surface area (Å²) >= 11 is 0. The molecule has 1 fully saturated rings. The van der Waals surface area contributed by atoms with Gasteiger partial charge in [-0.25, -0.2) is 0 Å². The minimum Gasteiger partial charge on any atom is -0.507 e. The van der Waals surface area contributed by atoms with Crippen molar-refractivity contribution in [2.45, 2.75) is 12.5 Å². The lowest BCUT2D eigenvalue weighted by Gasteiger charge is -2.34. The number of benzene rings is 2. The van der Waals surface area contributed by atoms with Crippen molar-refractivity contribution in [1.29, 1.82) is 0 Å². The summed E-state index contributed by atoms with van der Waals surface area (Å²) in [6.07, 6.45) is 3.19. The van der Waals surface area contributed by atoms with E-state index in [0.29, 0.717) is 29.2 Å². The number of ketones is 1. The Labute approximate surface area is 209 Å². The van der Waals surface area contributed by atoms with Crippen LogP contribution >= 0.6 is 0 Å². The van der Waals surface area contributed by atoms with Gasteiger partial charge >= 0.3 is 0 Å². The van der Waals surface area contributed by atoms with Gasteiger partial charge in [-0.2, -0.15) is 0 Å². The molecule has 0 radical (unpaired) electrons. The van der Waals surface area contributed by atoms with Crippen molar-refractivity contribution in [3.63, 3.8) is 0 Å². The third-order valence-corrected chi connectivity index (χ3v) is 6.44. The van der Waals surface area contributed by atoms with E-state index >= 15 is 0 Å². The first-order valence-electron chi connectivity index (χ1n) is 11.5. The zero-order chi connectivity index (χ0) is 26.0. The van der Waals surface area contributed by atoms with Crippen molar-refractivity contribution < 1.29 is 29.0 Å². The molecule has 1 N–H and O–H groups in total. The Morgan fingerprint density at radius 1 is 1.11 bits per heavy atom. The van der Waals surface area contributed by atoms with Crippen LogP contribution in [0.2, 0.25) is 0 Å². The van der Waals surface area contributed by atoms with Crippen LogP contribution in [0.5, 0.6) is 5.75 Å². The normalized spacial score (nSPS) is 20.2. The molecule has 8 heteroatoms. The third-order valence-electron chi connectivity index (χ3n) is 6.44. The summed E-state index contributed by atoms with van der Waals surface area (Å²) in [5.41, 5.74) is -0.127. The second kappa shape index (κ2) is 9.83. The lowest BCUT2D eigenvalue weighted by atomic mass is 9.81. The number of Topliss-reactive ketones (excluding diaryl/α,β-unsaturated/α-hetero) is 1. The molecule has 36 heavy (non-hydrogen) atoms. The summed E-state index contributed by atoms with van der Waals surface area (Å²) < 4.78 is 10.8. The van der Waals surface area contributed by atoms with Crippen molar-refractivity contribution in [3.05, 3.63) is 90.0 Å². The number of ether oxygens (including phenoxy) is 2. The Morgan fingerprint density at radius 3 is 2.53 bits per heavy atom. The second-order valence-electron chi connectivity index (χ2n) is 8.51. The molecule has 1 atom stereocenters. The van der Waals surface area contributed by atoms with Crippen molar-refractivity contribution in [1.82, 2.24) is 4.90 Å². The van der Waals surface area contributed by atoms with Gasteiger partial charge in [0.2, 0.25) is 0 Å². The van der Waals surface area contributed by atoms with Gasteiger partial charge in [-0.05, 0) is 36.8 Å². The van der Waals surface area contributed by atoms with Gasteiger partial charge in [0.05, 0.1) is 17.9 Å². The van der Waals surface area contributed by atoms with Gasteiger partial charge in [0, 0.05) is 31.3 Å². The van der Waals surface area contributed by atoms with E-state index in [-0.39, 0.29) is 30.8 Å². The summed E-state index contributed by atoms with van der Waals surface area (Å²) in [5, 5.41) is 11.5. The molecule has 2 aliphatic heterocycles. The molecule has 0 aliphatic carbocycles. The largest absolute Gasteiger partial charge is 0.507 e. The molecule has 186 valence electrons. The number of aliphatic hydroxyl groups excluding tert-OH is 1. The first kappa shape index (κ1) is 24.9. The number of hydrogen-bond acceptors (Lipinski definition) is 6. The summed E-state index contributed by atoms with van der Waals surface area (Å²) in [5.74, 6) is -2.17. The standard InChI is InChI=1S/C28H28N2O6/c1-5-13-29-21-10-8-7-9-20(21)28(27(29)34)23(25(32)26(33)30(28)14-16-35-4)24(31)19-11-12-22(18(3)17-19)36-15-6-2/h5-12,17,31H,1-2,13-16H2,3-4H3/b24-23-. The number of aliphatic hydroxyl groups is 1. The van der Waals surface area contributed by atoms with Crippen LogP contribution in [0.25, 0.3) is 5.76 Å². The minimum atomic E-state index is -1.83. The van der Waals surface area contributed by atoms with Crippen molar-refractivity contribution in [2.24, 2.45) is 0 Å². The van der Waals surface area contributed by atoms with E-state index in [1.165, 1.54) is 16.9 Å². The van der Waals surface area contributed by atoms with Crippen LogP contribution in [-0.4, -0.2) is 61.0 Å². The van der Waals surface area contributed by atoms with Gasteiger partial charge in [0.25, 0.3) is 17.6 Å². The molecule has 2 amide bonds. The molecule has 1 spiro atoms. The molecule has 0 saturated carbocycles. The fourth-order valence-electron chi connectivity index (χ4n) is 4.91. The number of fused-ring (bicyclic) bond motifs is 2. The van der Waals surface area contributed by atoms with Gasteiger partial charge in [-0.1, -0.05) is 36.9 Å². The number of aryl methyl sites for hydroxylation is 1. The average Bonchev–Trinajstić information content (AvgIpc) is 3.25. The maximum atomic E-state index is 14.1. The molecular formula is C28H28N2O6. The first-order valence-corrected chi connectivity index (χ1v) is 11.5. The van der Waals surface area contributed by atoms with Crippen LogP contribution in [0.3, 0.4) is 0 Å². The molecule has 2 aromatic carbocycles. The Bertz CT molecular complexity index is 1300. The van der Waals surface area contributed by atoms with Crippen molar-refractivity contribution in [2.75, 3.05) is 38.3 Å². The number of carbonyl (C=O) groups is 3. The third kappa shape index (κ3) is 3.61. The van der Waals surface area contributed by atoms with Gasteiger partial charge < -0.3 is 24.4 Å². The van der Waals surface area contributed by atoms with E-state index in [2.05, 4.69) is 13.2 Å². The number of methoxy groups -OCH3 is 1. The van der Waals surface area contributed by atoms with E-state index in [1.54, 1.807) is 61.5 Å². The Morgan fingerprint density at radius 2 is 1.86 bits per heavy atom. The van der Waals surface area contributed by atoms with Crippen LogP contribution in [0.1, 0.15) is 16.7 Å². The van der Waals surface area contributed by atoms with Crippen LogP contribution in [-0.2, 0) is 24.7 Å². The van der Waals surface area contributed by atoms with Crippen LogP contribution in [0.15, 0.2) is 73.3 Å². The zero-order valence-electron chi connectivity index (χ0n) is 20.3. The molecular weight excluding hydrogens is 460 g/mol. The number of hydrogen-bond donors (Lipinski definition) is 1. The molecule has 2 aromatic rings. The predicted molar refractivity (Wildman–Crippen MR) is 136 cm³/mol. The zero-order valence-corrected chi connectivity index (χ0v) is 20.3. The van der Waals surface area contributed by atoms with Crippen molar-refractivity contribution >= 4 is 29.0 Å². The maximum absolute atomic E-state index is 14.1. The van der Waals surface area contributed by atoms with Gasteiger partial charge in [-0.3, -0.25) is 14.4 Å². The number of carbonyl (C=O) groups excluding carboxylic acids is 3. The van der Waals surface area contributed by atoms with E-state index in [9.17, 15) is 19.5 Å². The lowest BCUT2D eigenvalue weighted by Crippen LogP contribution is -2.52. The quantitative estimate of drug-likeness (QED) is 0.252. The first-order chi connectivity index (χ1) is 17.3. The summed E-state index contributed by atoms with van der Waals surface area (Å²) in [6.45, 7) is 9.73. The highest BCUT2D eigenvalue weighted by molar-refractivity contribution is 6.50. The minimum absolute atomic E-state index is 0.0206. The van der Waals surface area contributed by atoms with Gasteiger partial charge in [-0.15, -0.1) is 6.58 Å². The van der Waals surface area contributed by atoms with Crippen LogP contribution in [0, 0.1) is 6.92 Å². The summed E-state index contributed by atoms with van der Waals surface area (Å²) in [6, 6.07) is 11.9. The monoisotopic (exact) mass is 488 g/mol. The topological polar surface area (TPSA) is 96.4 Å². The summed E-state index contributed by atoms with van der Waals surface area (Å²) in [7, 11) is 1.47. The Balaban J connectivity index is 1.99. The van der Waals surface area contributed by atoms with Crippen molar-refractivity contribution in [3.8, 4) is 5.75 Å². The van der Waals surface area contributed by atoms with Crippen LogP contribution in [0.4, 0.5) is 5.69 Å². The Hall–Kier alpha value is -4.17. The summed E-state index contributed by atoms with van der Waals surface area (Å²) in [4.78, 5) is 43.6.